The Morgan fingerprint density at radius 2 is 2.08 bits per heavy atom. The molecule has 0 spiro atoms. The van der Waals surface area contributed by atoms with Crippen LogP contribution in [-0.2, 0) is 6.42 Å². The second kappa shape index (κ2) is 3.90. The summed E-state index contributed by atoms with van der Waals surface area (Å²) >= 11 is 0. The fraction of sp³-hybridized carbons (Fsp3) is 0.455. The van der Waals surface area contributed by atoms with Crippen molar-refractivity contribution in [2.24, 2.45) is 5.92 Å². The van der Waals surface area contributed by atoms with Gasteiger partial charge in [-0.1, -0.05) is 30.3 Å². The number of nitrogens with one attached hydrogen (secondary N) is 1. The Morgan fingerprint density at radius 3 is 2.69 bits per heavy atom. The monoisotopic (exact) mass is 177 g/mol. The summed E-state index contributed by atoms with van der Waals surface area (Å²) in [5, 5.41) is 11.5. The molecule has 0 radical (unpaired) electrons. The van der Waals surface area contributed by atoms with Gasteiger partial charge < -0.3 is 10.3 Å². The molecule has 2 heteroatoms. The van der Waals surface area contributed by atoms with E-state index in [0.29, 0.717) is 11.0 Å². The van der Waals surface area contributed by atoms with Gasteiger partial charge in [0.05, 0.1) is 13.1 Å². The molecule has 1 aliphatic heterocycles. The average molecular weight is 177 g/mol. The van der Waals surface area contributed by atoms with E-state index in [2.05, 4.69) is 24.3 Å². The van der Waals surface area contributed by atoms with Gasteiger partial charge in [0, 0.05) is 12.3 Å². The minimum absolute atomic E-state index is 0.445. The molecule has 13 heavy (non-hydrogen) atoms. The van der Waals surface area contributed by atoms with Crippen molar-refractivity contribution in [3.8, 4) is 0 Å². The van der Waals surface area contributed by atoms with Crippen molar-refractivity contribution in [1.29, 1.82) is 0 Å². The molecule has 1 heterocycles. The van der Waals surface area contributed by atoms with E-state index >= 15 is 0 Å². The summed E-state index contributed by atoms with van der Waals surface area (Å²) < 4.78 is 0. The minimum atomic E-state index is 0.445. The first kappa shape index (κ1) is 8.73. The zero-order valence-corrected chi connectivity index (χ0v) is 7.70. The van der Waals surface area contributed by atoms with Gasteiger partial charge in [-0.2, -0.15) is 0 Å². The molecule has 0 bridgehead atoms. The molecule has 2 unspecified atom stereocenters. The van der Waals surface area contributed by atoms with Gasteiger partial charge in [0.25, 0.3) is 0 Å². The molecule has 0 amide bonds. The summed E-state index contributed by atoms with van der Waals surface area (Å²) in [5.74, 6) is 0.606. The second-order valence-corrected chi connectivity index (χ2v) is 3.84. The second-order valence-electron chi connectivity index (χ2n) is 3.84. The van der Waals surface area contributed by atoms with Crippen molar-refractivity contribution < 1.29 is 5.06 Å². The van der Waals surface area contributed by atoms with Crippen molar-refractivity contribution in [2.45, 2.75) is 12.8 Å². The summed E-state index contributed by atoms with van der Waals surface area (Å²) in [6, 6.07) is 10.4. The van der Waals surface area contributed by atoms with E-state index in [1.807, 2.05) is 6.07 Å². The lowest BCUT2D eigenvalue weighted by atomic mass is 9.99. The highest BCUT2D eigenvalue weighted by atomic mass is 16.5. The Bertz CT molecular complexity index is 260. The fourth-order valence-corrected chi connectivity index (χ4v) is 2.01. The minimum Gasteiger partial charge on any atom is -0.634 e. The Hall–Kier alpha value is -0.860. The molecule has 1 saturated heterocycles. The standard InChI is InChI=1S/C11H15NO/c13-12-7-6-11(9-12)8-10-4-2-1-3-5-10/h1-5,11-12H,6-9H2. The van der Waals surface area contributed by atoms with Gasteiger partial charge in [0.2, 0.25) is 0 Å². The van der Waals surface area contributed by atoms with Gasteiger partial charge >= 0.3 is 0 Å². The maximum absolute atomic E-state index is 11.0. The van der Waals surface area contributed by atoms with E-state index in [1.165, 1.54) is 5.56 Å². The summed E-state index contributed by atoms with van der Waals surface area (Å²) in [4.78, 5) is 0. The van der Waals surface area contributed by atoms with Gasteiger partial charge in [-0.15, -0.1) is 0 Å². The molecule has 0 aliphatic carbocycles. The van der Waals surface area contributed by atoms with Gasteiger partial charge in [-0.3, -0.25) is 0 Å². The largest absolute Gasteiger partial charge is 0.634 e. The van der Waals surface area contributed by atoms with E-state index in [4.69, 9.17) is 0 Å². The first-order valence-corrected chi connectivity index (χ1v) is 4.90. The van der Waals surface area contributed by atoms with Crippen molar-refractivity contribution in [2.75, 3.05) is 13.1 Å². The van der Waals surface area contributed by atoms with E-state index in [-0.39, 0.29) is 0 Å². The van der Waals surface area contributed by atoms with Gasteiger partial charge in [0.15, 0.2) is 0 Å². The van der Waals surface area contributed by atoms with Crippen LogP contribution in [0.4, 0.5) is 0 Å². The number of hydroxylamine groups is 2. The molecular weight excluding hydrogens is 162 g/mol. The van der Waals surface area contributed by atoms with Crippen LogP contribution in [0, 0.1) is 11.1 Å². The van der Waals surface area contributed by atoms with Crippen molar-refractivity contribution in [3.63, 3.8) is 0 Å². The number of quaternary nitrogens is 1. The first-order valence-electron chi connectivity index (χ1n) is 4.90. The zero-order chi connectivity index (χ0) is 9.10. The van der Waals surface area contributed by atoms with Crippen LogP contribution in [-0.4, -0.2) is 13.1 Å². The summed E-state index contributed by atoms with van der Waals surface area (Å²) in [7, 11) is 0. The number of rotatable bonds is 2. The van der Waals surface area contributed by atoms with Crippen molar-refractivity contribution in [3.05, 3.63) is 41.1 Å². The molecular formula is C11H15NO. The fourth-order valence-electron chi connectivity index (χ4n) is 2.01. The topological polar surface area (TPSA) is 27.5 Å². The molecule has 1 fully saturated rings. The van der Waals surface area contributed by atoms with E-state index in [1.54, 1.807) is 0 Å². The SMILES string of the molecule is [O-][NH+]1CCC(Cc2ccccc2)C1. The Kier molecular flexibility index (Phi) is 2.62. The van der Waals surface area contributed by atoms with Gasteiger partial charge in [-0.25, -0.2) is 0 Å². The lowest BCUT2D eigenvalue weighted by Crippen LogP contribution is -3.05. The van der Waals surface area contributed by atoms with Crippen LogP contribution in [0.3, 0.4) is 0 Å². The molecule has 2 nitrogen and oxygen atoms in total. The third-order valence-electron chi connectivity index (χ3n) is 2.71. The predicted molar refractivity (Wildman–Crippen MR) is 52.3 cm³/mol. The summed E-state index contributed by atoms with van der Waals surface area (Å²) in [6.07, 6.45) is 2.17. The Balaban J connectivity index is 1.92. The number of hydrogen-bond donors (Lipinski definition) is 1. The molecule has 1 aliphatic rings. The van der Waals surface area contributed by atoms with E-state index < -0.39 is 0 Å². The summed E-state index contributed by atoms with van der Waals surface area (Å²) in [6.45, 7) is 1.60. The third kappa shape index (κ3) is 2.29. The molecule has 0 saturated carbocycles. The lowest BCUT2D eigenvalue weighted by Gasteiger charge is -2.14. The Morgan fingerprint density at radius 1 is 1.31 bits per heavy atom. The molecule has 1 aromatic rings. The number of hydrogen-bond acceptors (Lipinski definition) is 1. The smallest absolute Gasteiger partial charge is 0.0802 e. The van der Waals surface area contributed by atoms with Gasteiger partial charge in [-0.05, 0) is 12.0 Å². The molecule has 2 atom stereocenters. The summed E-state index contributed by atoms with van der Waals surface area (Å²) in [5.41, 5.74) is 1.36. The molecule has 1 N–H and O–H groups in total. The van der Waals surface area contributed by atoms with Crippen LogP contribution in [0.5, 0.6) is 0 Å². The quantitative estimate of drug-likeness (QED) is 0.659. The van der Waals surface area contributed by atoms with Crippen molar-refractivity contribution in [1.82, 2.24) is 0 Å². The van der Waals surface area contributed by atoms with Crippen LogP contribution in [0.15, 0.2) is 30.3 Å². The molecule has 2 rings (SSSR count). The highest BCUT2D eigenvalue weighted by molar-refractivity contribution is 5.15. The molecule has 70 valence electrons. The third-order valence-corrected chi connectivity index (χ3v) is 2.71. The lowest BCUT2D eigenvalue weighted by molar-refractivity contribution is -0.835. The maximum Gasteiger partial charge on any atom is 0.0802 e. The van der Waals surface area contributed by atoms with Crippen LogP contribution >= 0.6 is 0 Å². The van der Waals surface area contributed by atoms with E-state index in [9.17, 15) is 5.21 Å². The molecule has 0 aromatic heterocycles. The maximum atomic E-state index is 11.0. The highest BCUT2D eigenvalue weighted by Gasteiger charge is 2.20. The molecule has 1 aromatic carbocycles. The van der Waals surface area contributed by atoms with Crippen LogP contribution in [0.2, 0.25) is 0 Å². The van der Waals surface area contributed by atoms with Crippen LogP contribution in [0.1, 0.15) is 12.0 Å². The van der Waals surface area contributed by atoms with Gasteiger partial charge in [0.1, 0.15) is 0 Å². The first-order chi connectivity index (χ1) is 6.34. The average Bonchev–Trinajstić information content (AvgIpc) is 2.53. The Labute approximate surface area is 78.8 Å². The van der Waals surface area contributed by atoms with Crippen molar-refractivity contribution >= 4 is 0 Å². The van der Waals surface area contributed by atoms with Crippen LogP contribution < -0.4 is 5.06 Å². The predicted octanol–water partition coefficient (Wildman–Crippen LogP) is 0.632. The van der Waals surface area contributed by atoms with Crippen LogP contribution in [0.25, 0.3) is 0 Å². The normalized spacial score (nSPS) is 27.8. The number of benzene rings is 1. The zero-order valence-electron chi connectivity index (χ0n) is 7.70. The van der Waals surface area contributed by atoms with E-state index in [0.717, 1.165) is 25.9 Å². The highest BCUT2D eigenvalue weighted by Crippen LogP contribution is 2.12.